The maximum Gasteiger partial charge on any atom is 0.338 e. The molecule has 6 nitrogen and oxygen atoms in total. The lowest BCUT2D eigenvalue weighted by atomic mass is 10.1. The third kappa shape index (κ3) is 4.70. The Hall–Kier alpha value is -2.67. The van der Waals surface area contributed by atoms with Crippen LogP contribution in [0, 0.1) is 0 Å². The number of thiophene rings is 1. The van der Waals surface area contributed by atoms with E-state index in [0.29, 0.717) is 16.1 Å². The summed E-state index contributed by atoms with van der Waals surface area (Å²) in [7, 11) is 0. The van der Waals surface area contributed by atoms with E-state index in [1.807, 2.05) is 5.38 Å². The van der Waals surface area contributed by atoms with Gasteiger partial charge in [0.25, 0.3) is 11.8 Å². The van der Waals surface area contributed by atoms with Crippen LogP contribution in [0.4, 0.5) is 5.69 Å². The van der Waals surface area contributed by atoms with Crippen molar-refractivity contribution in [3.8, 4) is 0 Å². The molecule has 0 aliphatic carbocycles. The van der Waals surface area contributed by atoms with Gasteiger partial charge in [0, 0.05) is 18.8 Å². The first-order valence-electron chi connectivity index (χ1n) is 8.53. The van der Waals surface area contributed by atoms with E-state index in [0.717, 1.165) is 32.4 Å². The lowest BCUT2D eigenvalue weighted by molar-refractivity contribution is -0.135. The van der Waals surface area contributed by atoms with E-state index >= 15 is 0 Å². The van der Waals surface area contributed by atoms with E-state index in [2.05, 4.69) is 5.32 Å². The highest BCUT2D eigenvalue weighted by Crippen LogP contribution is 2.16. The summed E-state index contributed by atoms with van der Waals surface area (Å²) < 4.78 is 5.13. The molecule has 136 valence electrons. The Kier molecular flexibility index (Phi) is 6.01. The average Bonchev–Trinajstić information content (AvgIpc) is 3.22. The molecule has 1 aliphatic heterocycles. The summed E-state index contributed by atoms with van der Waals surface area (Å²) in [6.45, 7) is 1.19. The zero-order chi connectivity index (χ0) is 18.4. The highest BCUT2D eigenvalue weighted by molar-refractivity contribution is 7.12. The predicted octanol–water partition coefficient (Wildman–Crippen LogP) is 3.17. The van der Waals surface area contributed by atoms with Crippen molar-refractivity contribution < 1.29 is 19.1 Å². The summed E-state index contributed by atoms with van der Waals surface area (Å²) in [5, 5.41) is 4.57. The molecule has 0 unspecified atom stereocenters. The molecule has 1 fully saturated rings. The summed E-state index contributed by atoms with van der Waals surface area (Å²) >= 11 is 1.34. The quantitative estimate of drug-likeness (QED) is 0.818. The van der Waals surface area contributed by atoms with Crippen molar-refractivity contribution in [2.75, 3.05) is 25.0 Å². The fourth-order valence-corrected chi connectivity index (χ4v) is 3.39. The Balaban J connectivity index is 1.56. The Bertz CT molecular complexity index is 783. The first-order chi connectivity index (χ1) is 12.6. The summed E-state index contributed by atoms with van der Waals surface area (Å²) in [6, 6.07) is 10.0. The number of carbonyl (C=O) groups is 3. The molecule has 0 radical (unpaired) electrons. The third-order valence-corrected chi connectivity index (χ3v) is 5.01. The molecule has 26 heavy (non-hydrogen) atoms. The van der Waals surface area contributed by atoms with Gasteiger partial charge in [-0.1, -0.05) is 12.1 Å². The van der Waals surface area contributed by atoms with Crippen molar-refractivity contribution in [3.63, 3.8) is 0 Å². The Labute approximate surface area is 155 Å². The third-order valence-electron chi connectivity index (χ3n) is 4.14. The fourth-order valence-electron chi connectivity index (χ4n) is 2.77. The second-order valence-corrected chi connectivity index (χ2v) is 6.98. The molecule has 0 spiro atoms. The molecule has 2 aromatic rings. The summed E-state index contributed by atoms with van der Waals surface area (Å²) in [5.41, 5.74) is 0.792. The van der Waals surface area contributed by atoms with Crippen molar-refractivity contribution in [2.24, 2.45) is 0 Å². The average molecular weight is 372 g/mol. The van der Waals surface area contributed by atoms with Crippen LogP contribution in [-0.4, -0.2) is 42.4 Å². The number of nitrogens with zero attached hydrogens (tertiary/aromatic N) is 1. The molecule has 7 heteroatoms. The molecule has 0 bridgehead atoms. The maximum atomic E-state index is 12.2. The zero-order valence-electron chi connectivity index (χ0n) is 14.3. The van der Waals surface area contributed by atoms with Crippen LogP contribution < -0.4 is 5.32 Å². The summed E-state index contributed by atoms with van der Waals surface area (Å²) in [4.78, 5) is 38.7. The largest absolute Gasteiger partial charge is 0.452 e. The molecular formula is C19H20N2O4S. The maximum absolute atomic E-state index is 12.2. The number of likely N-dealkylation sites (tertiary alicyclic amines) is 1. The Morgan fingerprint density at radius 1 is 1.08 bits per heavy atom. The van der Waals surface area contributed by atoms with Crippen LogP contribution in [0.5, 0.6) is 0 Å². The first-order valence-corrected chi connectivity index (χ1v) is 9.41. The number of amides is 2. The molecule has 0 saturated carbocycles. The summed E-state index contributed by atoms with van der Waals surface area (Å²) in [6.07, 6.45) is 3.12. The van der Waals surface area contributed by atoms with Gasteiger partial charge in [0.15, 0.2) is 6.61 Å². The molecule has 1 N–H and O–H groups in total. The fraction of sp³-hybridized carbons (Fsp3) is 0.316. The van der Waals surface area contributed by atoms with Gasteiger partial charge in [0.2, 0.25) is 0 Å². The number of esters is 1. The molecule has 1 aromatic carbocycles. The number of nitrogens with one attached hydrogen (secondary N) is 1. The van der Waals surface area contributed by atoms with Gasteiger partial charge in [-0.25, -0.2) is 4.79 Å². The number of anilines is 1. The van der Waals surface area contributed by atoms with E-state index in [9.17, 15) is 14.4 Å². The van der Waals surface area contributed by atoms with Gasteiger partial charge in [-0.15, -0.1) is 11.3 Å². The van der Waals surface area contributed by atoms with Gasteiger partial charge < -0.3 is 15.0 Å². The lowest BCUT2D eigenvalue weighted by Crippen LogP contribution is -2.38. The van der Waals surface area contributed by atoms with Crippen molar-refractivity contribution >= 4 is 34.8 Å². The highest BCUT2D eigenvalue weighted by Gasteiger charge is 2.18. The van der Waals surface area contributed by atoms with Crippen LogP contribution in [0.25, 0.3) is 0 Å². The van der Waals surface area contributed by atoms with Gasteiger partial charge in [-0.2, -0.15) is 0 Å². The smallest absolute Gasteiger partial charge is 0.338 e. The van der Waals surface area contributed by atoms with Crippen molar-refractivity contribution in [3.05, 3.63) is 52.2 Å². The van der Waals surface area contributed by atoms with E-state index in [-0.39, 0.29) is 18.4 Å². The van der Waals surface area contributed by atoms with Crippen LogP contribution in [0.1, 0.15) is 39.3 Å². The van der Waals surface area contributed by atoms with Crippen LogP contribution in [0.3, 0.4) is 0 Å². The van der Waals surface area contributed by atoms with Crippen LogP contribution in [0.15, 0.2) is 41.8 Å². The second kappa shape index (κ2) is 8.62. The van der Waals surface area contributed by atoms with E-state index in [4.69, 9.17) is 4.74 Å². The molecule has 1 aromatic heterocycles. The minimum Gasteiger partial charge on any atom is -0.452 e. The molecular weight excluding hydrogens is 352 g/mol. The molecule has 2 heterocycles. The standard InChI is InChI=1S/C19H20N2O4S/c22-17(21-9-2-1-3-10-21)13-25-19(24)14-6-4-7-15(12-14)20-18(23)16-8-5-11-26-16/h4-8,11-12H,1-3,9-10,13H2,(H,20,23). The SMILES string of the molecule is O=C(OCC(=O)N1CCCCC1)c1cccc(NC(=O)c2cccs2)c1. The predicted molar refractivity (Wildman–Crippen MR) is 99.4 cm³/mol. The second-order valence-electron chi connectivity index (χ2n) is 6.03. The van der Waals surface area contributed by atoms with Gasteiger partial charge in [-0.05, 0) is 48.9 Å². The number of carbonyl (C=O) groups excluding carboxylic acids is 3. The van der Waals surface area contributed by atoms with Gasteiger partial charge in [0.05, 0.1) is 10.4 Å². The Morgan fingerprint density at radius 2 is 1.88 bits per heavy atom. The van der Waals surface area contributed by atoms with E-state index in [1.54, 1.807) is 41.3 Å². The number of hydrogen-bond acceptors (Lipinski definition) is 5. The monoisotopic (exact) mass is 372 g/mol. The molecule has 1 aliphatic rings. The molecule has 1 saturated heterocycles. The van der Waals surface area contributed by atoms with Gasteiger partial charge in [-0.3, -0.25) is 9.59 Å². The number of rotatable bonds is 5. The van der Waals surface area contributed by atoms with E-state index < -0.39 is 5.97 Å². The number of hydrogen-bond donors (Lipinski definition) is 1. The topological polar surface area (TPSA) is 75.7 Å². The first kappa shape index (κ1) is 18.1. The number of benzene rings is 1. The number of piperidine rings is 1. The van der Waals surface area contributed by atoms with Crippen molar-refractivity contribution in [2.45, 2.75) is 19.3 Å². The van der Waals surface area contributed by atoms with Crippen LogP contribution in [-0.2, 0) is 9.53 Å². The van der Waals surface area contributed by atoms with Gasteiger partial charge >= 0.3 is 5.97 Å². The van der Waals surface area contributed by atoms with Gasteiger partial charge in [0.1, 0.15) is 0 Å². The minimum atomic E-state index is -0.581. The van der Waals surface area contributed by atoms with Crippen LogP contribution in [0.2, 0.25) is 0 Å². The van der Waals surface area contributed by atoms with Crippen molar-refractivity contribution in [1.82, 2.24) is 4.90 Å². The summed E-state index contributed by atoms with van der Waals surface area (Å²) in [5.74, 6) is -0.978. The Morgan fingerprint density at radius 3 is 2.62 bits per heavy atom. The van der Waals surface area contributed by atoms with Crippen LogP contribution >= 0.6 is 11.3 Å². The lowest BCUT2D eigenvalue weighted by Gasteiger charge is -2.26. The van der Waals surface area contributed by atoms with E-state index in [1.165, 1.54) is 11.3 Å². The normalized spacial score (nSPS) is 13.9. The molecule has 2 amide bonds. The molecule has 0 atom stereocenters. The number of ether oxygens (including phenoxy) is 1. The zero-order valence-corrected chi connectivity index (χ0v) is 15.1. The minimum absolute atomic E-state index is 0.166. The highest BCUT2D eigenvalue weighted by atomic mass is 32.1. The van der Waals surface area contributed by atoms with Crippen molar-refractivity contribution in [1.29, 1.82) is 0 Å². The molecule has 3 rings (SSSR count).